The smallest absolute Gasteiger partial charge is 0.181 e. The zero-order chi connectivity index (χ0) is 12.3. The number of rotatable bonds is 4. The number of furan rings is 1. The van der Waals surface area contributed by atoms with Crippen molar-refractivity contribution < 1.29 is 12.8 Å². The molecule has 2 aromatic rings. The van der Waals surface area contributed by atoms with Gasteiger partial charge in [-0.25, -0.2) is 8.42 Å². The first kappa shape index (κ1) is 11.7. The minimum atomic E-state index is -3.24. The third kappa shape index (κ3) is 2.47. The molecular formula is C13H12O3S. The monoisotopic (exact) mass is 248 g/mol. The van der Waals surface area contributed by atoms with Crippen LogP contribution in [0, 0.1) is 0 Å². The van der Waals surface area contributed by atoms with Gasteiger partial charge in [-0.2, -0.15) is 0 Å². The molecule has 1 heterocycles. The number of benzene rings is 1. The van der Waals surface area contributed by atoms with Crippen molar-refractivity contribution in [2.24, 2.45) is 0 Å². The van der Waals surface area contributed by atoms with E-state index in [-0.39, 0.29) is 5.75 Å². The van der Waals surface area contributed by atoms with Gasteiger partial charge in [0.1, 0.15) is 5.76 Å². The lowest BCUT2D eigenvalue weighted by molar-refractivity contribution is 0.582. The lowest BCUT2D eigenvalue weighted by Crippen LogP contribution is -2.03. The standard InChI is InChI=1S/C13H12O3S/c1-2-10-17(14,15)12-7-5-11(6-8-12)13-4-3-9-16-13/h2-9H,1,10H2. The van der Waals surface area contributed by atoms with Gasteiger partial charge in [0, 0.05) is 5.56 Å². The van der Waals surface area contributed by atoms with E-state index >= 15 is 0 Å². The van der Waals surface area contributed by atoms with Crippen LogP contribution < -0.4 is 0 Å². The summed E-state index contributed by atoms with van der Waals surface area (Å²) in [6.07, 6.45) is 2.97. The Labute approximate surface area is 100 Å². The third-order valence-electron chi connectivity index (χ3n) is 2.36. The van der Waals surface area contributed by atoms with Crippen LogP contribution in [-0.2, 0) is 9.84 Å². The second-order valence-corrected chi connectivity index (χ2v) is 5.61. The highest BCUT2D eigenvalue weighted by Crippen LogP contribution is 2.22. The fourth-order valence-corrected chi connectivity index (χ4v) is 2.57. The van der Waals surface area contributed by atoms with Gasteiger partial charge in [-0.05, 0) is 36.4 Å². The van der Waals surface area contributed by atoms with Crippen molar-refractivity contribution in [2.45, 2.75) is 4.90 Å². The van der Waals surface area contributed by atoms with Crippen LogP contribution in [0.1, 0.15) is 0 Å². The molecule has 0 unspecified atom stereocenters. The first-order chi connectivity index (χ1) is 8.13. The SMILES string of the molecule is C=CCS(=O)(=O)c1ccc(-c2ccco2)cc1. The van der Waals surface area contributed by atoms with Gasteiger partial charge in [0.05, 0.1) is 16.9 Å². The topological polar surface area (TPSA) is 47.3 Å². The summed E-state index contributed by atoms with van der Waals surface area (Å²) in [5.41, 5.74) is 0.854. The van der Waals surface area contributed by atoms with Crippen LogP contribution in [0.5, 0.6) is 0 Å². The molecule has 3 nitrogen and oxygen atoms in total. The van der Waals surface area contributed by atoms with Crippen LogP contribution in [0.15, 0.2) is 64.6 Å². The molecule has 17 heavy (non-hydrogen) atoms. The van der Waals surface area contributed by atoms with Gasteiger partial charge in [0.25, 0.3) is 0 Å². The normalized spacial score (nSPS) is 11.3. The second kappa shape index (κ2) is 4.59. The van der Waals surface area contributed by atoms with E-state index in [2.05, 4.69) is 6.58 Å². The second-order valence-electron chi connectivity index (χ2n) is 3.57. The van der Waals surface area contributed by atoms with Gasteiger partial charge < -0.3 is 4.42 Å². The van der Waals surface area contributed by atoms with Crippen molar-refractivity contribution in [1.29, 1.82) is 0 Å². The van der Waals surface area contributed by atoms with E-state index in [1.807, 2.05) is 6.07 Å². The van der Waals surface area contributed by atoms with Crippen LogP contribution in [0.25, 0.3) is 11.3 Å². The van der Waals surface area contributed by atoms with Crippen LogP contribution in [-0.4, -0.2) is 14.2 Å². The third-order valence-corrected chi connectivity index (χ3v) is 4.02. The van der Waals surface area contributed by atoms with Crippen molar-refractivity contribution in [2.75, 3.05) is 5.75 Å². The Morgan fingerprint density at radius 2 is 1.88 bits per heavy atom. The highest BCUT2D eigenvalue weighted by atomic mass is 32.2. The molecule has 1 aromatic heterocycles. The molecular weight excluding hydrogens is 236 g/mol. The van der Waals surface area contributed by atoms with E-state index in [1.54, 1.807) is 36.6 Å². The van der Waals surface area contributed by atoms with Crippen LogP contribution in [0.4, 0.5) is 0 Å². The Kier molecular flexibility index (Phi) is 3.15. The first-order valence-electron chi connectivity index (χ1n) is 5.11. The summed E-state index contributed by atoms with van der Waals surface area (Å²) in [5.74, 6) is 0.672. The lowest BCUT2D eigenvalue weighted by atomic mass is 10.2. The largest absolute Gasteiger partial charge is 0.464 e. The Hall–Kier alpha value is -1.81. The molecule has 0 spiro atoms. The molecule has 0 saturated carbocycles. The molecule has 0 aliphatic rings. The highest BCUT2D eigenvalue weighted by Gasteiger charge is 2.12. The molecule has 88 valence electrons. The maximum Gasteiger partial charge on any atom is 0.181 e. The molecule has 0 amide bonds. The fraction of sp³-hybridized carbons (Fsp3) is 0.0769. The zero-order valence-electron chi connectivity index (χ0n) is 9.17. The molecule has 0 aliphatic heterocycles. The predicted molar refractivity (Wildman–Crippen MR) is 66.4 cm³/mol. The molecule has 0 aliphatic carbocycles. The molecule has 0 bridgehead atoms. The van der Waals surface area contributed by atoms with Crippen LogP contribution >= 0.6 is 0 Å². The van der Waals surface area contributed by atoms with Gasteiger partial charge in [0.2, 0.25) is 0 Å². The van der Waals surface area contributed by atoms with Crippen molar-refractivity contribution in [3.63, 3.8) is 0 Å². The molecule has 2 rings (SSSR count). The van der Waals surface area contributed by atoms with E-state index in [1.165, 1.54) is 6.08 Å². The van der Waals surface area contributed by atoms with Crippen molar-refractivity contribution in [3.05, 3.63) is 55.3 Å². The molecule has 0 atom stereocenters. The van der Waals surface area contributed by atoms with E-state index in [0.29, 0.717) is 4.90 Å². The number of hydrogen-bond acceptors (Lipinski definition) is 3. The summed E-state index contributed by atoms with van der Waals surface area (Å²) in [6.45, 7) is 3.44. The van der Waals surface area contributed by atoms with Gasteiger partial charge in [0.15, 0.2) is 9.84 Å². The average Bonchev–Trinajstić information content (AvgIpc) is 2.82. The molecule has 4 heteroatoms. The zero-order valence-corrected chi connectivity index (χ0v) is 9.98. The fourth-order valence-electron chi connectivity index (χ4n) is 1.52. The van der Waals surface area contributed by atoms with Gasteiger partial charge >= 0.3 is 0 Å². The van der Waals surface area contributed by atoms with Crippen molar-refractivity contribution in [3.8, 4) is 11.3 Å². The van der Waals surface area contributed by atoms with E-state index in [0.717, 1.165) is 11.3 Å². The summed E-state index contributed by atoms with van der Waals surface area (Å²) in [5, 5.41) is 0. The van der Waals surface area contributed by atoms with Crippen molar-refractivity contribution in [1.82, 2.24) is 0 Å². The Morgan fingerprint density at radius 1 is 1.18 bits per heavy atom. The number of sulfone groups is 1. The Bertz CT molecular complexity index is 593. The highest BCUT2D eigenvalue weighted by molar-refractivity contribution is 7.91. The summed E-state index contributed by atoms with van der Waals surface area (Å²) in [7, 11) is -3.24. The predicted octanol–water partition coefficient (Wildman–Crippen LogP) is 2.91. The summed E-state index contributed by atoms with van der Waals surface area (Å²) in [6, 6.07) is 10.2. The minimum absolute atomic E-state index is 0.0485. The average molecular weight is 248 g/mol. The maximum absolute atomic E-state index is 11.7. The maximum atomic E-state index is 11.7. The summed E-state index contributed by atoms with van der Waals surface area (Å²) in [4.78, 5) is 0.299. The van der Waals surface area contributed by atoms with Crippen LogP contribution in [0.3, 0.4) is 0 Å². The van der Waals surface area contributed by atoms with Crippen LogP contribution in [0.2, 0.25) is 0 Å². The van der Waals surface area contributed by atoms with E-state index < -0.39 is 9.84 Å². The molecule has 0 saturated heterocycles. The number of hydrogen-bond donors (Lipinski definition) is 0. The van der Waals surface area contributed by atoms with E-state index in [4.69, 9.17) is 4.42 Å². The van der Waals surface area contributed by atoms with Gasteiger partial charge in [-0.3, -0.25) is 0 Å². The van der Waals surface area contributed by atoms with Gasteiger partial charge in [-0.1, -0.05) is 6.08 Å². The van der Waals surface area contributed by atoms with Crippen molar-refractivity contribution >= 4 is 9.84 Å². The molecule has 0 N–H and O–H groups in total. The molecule has 0 radical (unpaired) electrons. The minimum Gasteiger partial charge on any atom is -0.464 e. The van der Waals surface area contributed by atoms with E-state index in [9.17, 15) is 8.42 Å². The molecule has 0 fully saturated rings. The molecule has 1 aromatic carbocycles. The summed E-state index contributed by atoms with van der Waals surface area (Å²) >= 11 is 0. The quantitative estimate of drug-likeness (QED) is 0.781. The van der Waals surface area contributed by atoms with Gasteiger partial charge in [-0.15, -0.1) is 6.58 Å². The first-order valence-corrected chi connectivity index (χ1v) is 6.76. The Morgan fingerprint density at radius 3 is 2.41 bits per heavy atom. The lowest BCUT2D eigenvalue weighted by Gasteiger charge is -2.02. The Balaban J connectivity index is 2.34. The summed E-state index contributed by atoms with van der Waals surface area (Å²) < 4.78 is 28.7.